The second-order valence-corrected chi connectivity index (χ2v) is 5.76. The van der Waals surface area contributed by atoms with Crippen molar-refractivity contribution < 1.29 is 17.6 Å². The molecule has 1 nitrogen and oxygen atoms in total. The monoisotopic (exact) mass is 303 g/mol. The zero-order valence-electron chi connectivity index (χ0n) is 12.2. The van der Waals surface area contributed by atoms with E-state index in [4.69, 9.17) is 0 Å². The van der Waals surface area contributed by atoms with Crippen molar-refractivity contribution in [2.24, 2.45) is 0 Å². The van der Waals surface area contributed by atoms with E-state index in [2.05, 4.69) is 5.32 Å². The molecule has 1 unspecified atom stereocenters. The van der Waals surface area contributed by atoms with Gasteiger partial charge in [-0.1, -0.05) is 32.3 Å². The Kier molecular flexibility index (Phi) is 4.91. The Morgan fingerprint density at radius 2 is 1.95 bits per heavy atom. The lowest BCUT2D eigenvalue weighted by atomic mass is 9.81. The van der Waals surface area contributed by atoms with Crippen molar-refractivity contribution in [1.82, 2.24) is 5.32 Å². The van der Waals surface area contributed by atoms with Crippen molar-refractivity contribution in [1.29, 1.82) is 0 Å². The van der Waals surface area contributed by atoms with Crippen LogP contribution in [0.5, 0.6) is 0 Å². The molecule has 1 N–H and O–H groups in total. The van der Waals surface area contributed by atoms with E-state index >= 15 is 0 Å². The van der Waals surface area contributed by atoms with Gasteiger partial charge in [0.1, 0.15) is 5.82 Å². The van der Waals surface area contributed by atoms with Crippen LogP contribution >= 0.6 is 0 Å². The predicted molar refractivity (Wildman–Crippen MR) is 74.5 cm³/mol. The number of hydrogen-bond donors (Lipinski definition) is 1. The fourth-order valence-corrected chi connectivity index (χ4v) is 3.22. The summed E-state index contributed by atoms with van der Waals surface area (Å²) in [6, 6.07) is 3.37. The zero-order valence-corrected chi connectivity index (χ0v) is 12.2. The molecular formula is C16H21F4N. The highest BCUT2D eigenvalue weighted by Crippen LogP contribution is 2.37. The molecular weight excluding hydrogens is 282 g/mol. The van der Waals surface area contributed by atoms with Crippen LogP contribution in [0.3, 0.4) is 0 Å². The summed E-state index contributed by atoms with van der Waals surface area (Å²) in [6.45, 7) is 2.86. The lowest BCUT2D eigenvalue weighted by Crippen LogP contribution is -2.41. The molecule has 1 saturated heterocycles. The van der Waals surface area contributed by atoms with Gasteiger partial charge in [-0.15, -0.1) is 0 Å². The SMILES string of the molecule is CCCC1(c2ccc(C(F)(F)F)c(F)c2)CCCCCN1. The molecule has 5 heteroatoms. The minimum Gasteiger partial charge on any atom is -0.307 e. The third-order valence-corrected chi connectivity index (χ3v) is 4.25. The van der Waals surface area contributed by atoms with Crippen LogP contribution in [0, 0.1) is 5.82 Å². The molecule has 118 valence electrons. The minimum absolute atomic E-state index is 0.393. The Labute approximate surface area is 122 Å². The van der Waals surface area contributed by atoms with Crippen LogP contribution in [0.25, 0.3) is 0 Å². The van der Waals surface area contributed by atoms with Gasteiger partial charge in [0, 0.05) is 5.54 Å². The first-order valence-electron chi connectivity index (χ1n) is 7.51. The largest absolute Gasteiger partial charge is 0.419 e. The van der Waals surface area contributed by atoms with Crippen LogP contribution in [0.15, 0.2) is 18.2 Å². The topological polar surface area (TPSA) is 12.0 Å². The normalized spacial score (nSPS) is 23.9. The highest BCUT2D eigenvalue weighted by atomic mass is 19.4. The Morgan fingerprint density at radius 3 is 2.57 bits per heavy atom. The van der Waals surface area contributed by atoms with Crippen LogP contribution < -0.4 is 5.32 Å². The maximum atomic E-state index is 13.9. The van der Waals surface area contributed by atoms with Crippen LogP contribution in [0.4, 0.5) is 17.6 Å². The highest BCUT2D eigenvalue weighted by Gasteiger charge is 2.37. The van der Waals surface area contributed by atoms with Gasteiger partial charge in [0.2, 0.25) is 0 Å². The van der Waals surface area contributed by atoms with Crippen molar-refractivity contribution >= 4 is 0 Å². The molecule has 1 fully saturated rings. The molecule has 1 aromatic carbocycles. The summed E-state index contributed by atoms with van der Waals surface area (Å²) < 4.78 is 51.9. The molecule has 0 aliphatic carbocycles. The van der Waals surface area contributed by atoms with E-state index in [9.17, 15) is 17.6 Å². The Bertz CT molecular complexity index is 474. The molecule has 0 radical (unpaired) electrons. The second kappa shape index (κ2) is 6.34. The summed E-state index contributed by atoms with van der Waals surface area (Å²) in [4.78, 5) is 0. The fourth-order valence-electron chi connectivity index (χ4n) is 3.22. The van der Waals surface area contributed by atoms with Gasteiger partial charge in [-0.2, -0.15) is 13.2 Å². The summed E-state index contributed by atoms with van der Waals surface area (Å²) >= 11 is 0. The number of benzene rings is 1. The van der Waals surface area contributed by atoms with Gasteiger partial charge >= 0.3 is 6.18 Å². The number of alkyl halides is 3. The van der Waals surface area contributed by atoms with Gasteiger partial charge in [-0.05, 0) is 43.5 Å². The van der Waals surface area contributed by atoms with Gasteiger partial charge < -0.3 is 5.32 Å². The number of rotatable bonds is 3. The van der Waals surface area contributed by atoms with Gasteiger partial charge in [0.05, 0.1) is 5.56 Å². The first-order valence-corrected chi connectivity index (χ1v) is 7.51. The average Bonchev–Trinajstić information content (AvgIpc) is 2.64. The minimum atomic E-state index is -4.64. The van der Waals surface area contributed by atoms with Crippen molar-refractivity contribution in [3.8, 4) is 0 Å². The van der Waals surface area contributed by atoms with E-state index < -0.39 is 23.1 Å². The van der Waals surface area contributed by atoms with Crippen LogP contribution in [0.2, 0.25) is 0 Å². The van der Waals surface area contributed by atoms with Crippen molar-refractivity contribution in [3.05, 3.63) is 35.1 Å². The van der Waals surface area contributed by atoms with Crippen LogP contribution in [-0.4, -0.2) is 6.54 Å². The quantitative estimate of drug-likeness (QED) is 0.775. The van der Waals surface area contributed by atoms with E-state index in [1.165, 1.54) is 6.07 Å². The molecule has 0 aromatic heterocycles. The second-order valence-electron chi connectivity index (χ2n) is 5.76. The third kappa shape index (κ3) is 3.57. The van der Waals surface area contributed by atoms with Crippen molar-refractivity contribution in [2.75, 3.05) is 6.54 Å². The van der Waals surface area contributed by atoms with Gasteiger partial charge in [0.15, 0.2) is 0 Å². The maximum Gasteiger partial charge on any atom is 0.419 e. The smallest absolute Gasteiger partial charge is 0.307 e. The number of hydrogen-bond acceptors (Lipinski definition) is 1. The first-order chi connectivity index (χ1) is 9.89. The summed E-state index contributed by atoms with van der Waals surface area (Å²) in [6.07, 6.45) is 1.06. The standard InChI is InChI=1S/C16H21F4N/c1-2-8-15(9-4-3-5-10-21-15)12-6-7-13(14(17)11-12)16(18,19)20/h6-7,11,21H,2-5,8-10H2,1H3. The Morgan fingerprint density at radius 1 is 1.19 bits per heavy atom. The van der Waals surface area contributed by atoms with E-state index in [-0.39, 0.29) is 0 Å². The summed E-state index contributed by atoms with van der Waals surface area (Å²) in [5, 5.41) is 3.45. The molecule has 0 amide bonds. The molecule has 0 saturated carbocycles. The highest BCUT2D eigenvalue weighted by molar-refractivity contribution is 5.31. The average molecular weight is 303 g/mol. The van der Waals surface area contributed by atoms with Gasteiger partial charge in [0.25, 0.3) is 0 Å². The molecule has 2 rings (SSSR count). The zero-order chi connectivity index (χ0) is 15.5. The molecule has 0 spiro atoms. The van der Waals surface area contributed by atoms with Crippen molar-refractivity contribution in [3.63, 3.8) is 0 Å². The molecule has 1 aliphatic heterocycles. The summed E-state index contributed by atoms with van der Waals surface area (Å²) in [5.41, 5.74) is -0.945. The molecule has 1 aromatic rings. The van der Waals surface area contributed by atoms with E-state index in [0.29, 0.717) is 5.56 Å². The molecule has 0 bridgehead atoms. The molecule has 1 aliphatic rings. The molecule has 21 heavy (non-hydrogen) atoms. The molecule has 1 heterocycles. The lowest BCUT2D eigenvalue weighted by molar-refractivity contribution is -0.140. The lowest BCUT2D eigenvalue weighted by Gasteiger charge is -2.34. The van der Waals surface area contributed by atoms with E-state index in [1.54, 1.807) is 0 Å². The van der Waals surface area contributed by atoms with Crippen LogP contribution in [0.1, 0.15) is 56.6 Å². The Hall–Kier alpha value is -1.10. The van der Waals surface area contributed by atoms with E-state index in [0.717, 1.165) is 57.2 Å². The predicted octanol–water partition coefficient (Wildman–Crippen LogP) is 5.00. The number of nitrogens with one attached hydrogen (secondary N) is 1. The van der Waals surface area contributed by atoms with Gasteiger partial charge in [-0.3, -0.25) is 0 Å². The van der Waals surface area contributed by atoms with Crippen molar-refractivity contribution in [2.45, 2.75) is 57.2 Å². The Balaban J connectivity index is 2.39. The summed E-state index contributed by atoms with van der Waals surface area (Å²) in [7, 11) is 0. The summed E-state index contributed by atoms with van der Waals surface area (Å²) in [5.74, 6) is -1.18. The number of halogens is 4. The third-order valence-electron chi connectivity index (χ3n) is 4.25. The van der Waals surface area contributed by atoms with E-state index in [1.807, 2.05) is 6.92 Å². The maximum absolute atomic E-state index is 13.9. The van der Waals surface area contributed by atoms with Gasteiger partial charge in [-0.25, -0.2) is 4.39 Å². The van der Waals surface area contributed by atoms with Crippen LogP contribution in [-0.2, 0) is 11.7 Å². The first kappa shape index (κ1) is 16.3. The fraction of sp³-hybridized carbons (Fsp3) is 0.625. The molecule has 1 atom stereocenters.